The van der Waals surface area contributed by atoms with Crippen molar-refractivity contribution in [3.05, 3.63) is 0 Å². The van der Waals surface area contributed by atoms with Crippen molar-refractivity contribution < 1.29 is 49.1 Å². The molecule has 0 unspecified atom stereocenters. The summed E-state index contributed by atoms with van der Waals surface area (Å²) >= 11 is 0. The van der Waals surface area contributed by atoms with Crippen LogP contribution in [0.2, 0.25) is 0 Å². The zero-order chi connectivity index (χ0) is 15.6. The van der Waals surface area contributed by atoms with Gasteiger partial charge in [-0.15, -0.1) is 0 Å². The molecular weight excluding hydrogens is 292 g/mol. The van der Waals surface area contributed by atoms with E-state index in [1.165, 1.54) is 0 Å². The molecule has 1 rings (SSSR count). The Hall–Kier alpha value is -2.24. The molecule has 0 amide bonds. The first-order valence-corrected chi connectivity index (χ1v) is 5.56. The van der Waals surface area contributed by atoms with Gasteiger partial charge in [0.05, 0.1) is 0 Å². The Morgan fingerprint density at radius 1 is 0.905 bits per heavy atom. The molecule has 0 heterocycles. The van der Waals surface area contributed by atoms with E-state index in [-0.39, 0.29) is 19.0 Å². The molecule has 120 valence electrons. The number of carboxylic acids is 3. The van der Waals surface area contributed by atoms with Crippen molar-refractivity contribution in [3.63, 3.8) is 0 Å². The Morgan fingerprint density at radius 2 is 1.24 bits per heavy atom. The van der Waals surface area contributed by atoms with Crippen LogP contribution >= 0.6 is 0 Å². The molecule has 0 saturated heterocycles. The van der Waals surface area contributed by atoms with Crippen LogP contribution in [0.1, 0.15) is 12.8 Å². The van der Waals surface area contributed by atoms with Gasteiger partial charge in [-0.05, 0) is 0 Å². The van der Waals surface area contributed by atoms with E-state index in [0.717, 1.165) is 0 Å². The van der Waals surface area contributed by atoms with Gasteiger partial charge in [-0.3, -0.25) is 9.37 Å². The number of aliphatic carboxylic acids is 3. The van der Waals surface area contributed by atoms with E-state index in [9.17, 15) is 19.2 Å². The summed E-state index contributed by atoms with van der Waals surface area (Å²) in [5.74, 6) is -5.58. The standard InChI is InChI=1S/C10H13NO9.H3N/c12-6(13)3-11(4-7(14)15,5-8(16)17)10(1-2-10)9(18)20-19;/h1-5H2,(H3-,12,13,14,15,16,17,19);1H3/p+1. The summed E-state index contributed by atoms with van der Waals surface area (Å²) in [7, 11) is 0. The highest BCUT2D eigenvalue weighted by atomic mass is 17.1. The van der Waals surface area contributed by atoms with Gasteiger partial charge >= 0.3 is 23.9 Å². The number of carboxylic acid groups (broad SMARTS) is 3. The van der Waals surface area contributed by atoms with Crippen LogP contribution in [-0.4, -0.2) is 74.1 Å². The maximum Gasteiger partial charge on any atom is 0.401 e. The Bertz CT molecular complexity index is 417. The lowest BCUT2D eigenvalue weighted by molar-refractivity contribution is -0.934. The molecule has 11 nitrogen and oxygen atoms in total. The smallest absolute Gasteiger partial charge is 0.401 e. The first-order valence-electron chi connectivity index (χ1n) is 5.56. The van der Waals surface area contributed by atoms with Crippen LogP contribution < -0.4 is 6.15 Å². The minimum absolute atomic E-state index is 0. The topological polar surface area (TPSA) is 193 Å². The molecule has 21 heavy (non-hydrogen) atoms. The van der Waals surface area contributed by atoms with Gasteiger partial charge in [0.15, 0.2) is 19.6 Å². The number of nitrogens with zero attached hydrogens (tertiary/aromatic N) is 1. The van der Waals surface area contributed by atoms with Gasteiger partial charge in [-0.1, -0.05) is 0 Å². The molecule has 0 aromatic heterocycles. The van der Waals surface area contributed by atoms with E-state index in [1.807, 2.05) is 0 Å². The van der Waals surface area contributed by atoms with E-state index in [2.05, 4.69) is 4.89 Å². The van der Waals surface area contributed by atoms with Crippen LogP contribution in [-0.2, 0) is 24.1 Å². The number of carbonyl (C=O) groups is 4. The maximum atomic E-state index is 11.6. The second kappa shape index (κ2) is 6.47. The predicted octanol–water partition coefficient (Wildman–Crippen LogP) is -1.23. The lowest BCUT2D eigenvalue weighted by atomic mass is 10.1. The van der Waals surface area contributed by atoms with Gasteiger partial charge < -0.3 is 21.5 Å². The highest BCUT2D eigenvalue weighted by molar-refractivity contribution is 5.84. The summed E-state index contributed by atoms with van der Waals surface area (Å²) in [6.45, 7) is -2.64. The summed E-state index contributed by atoms with van der Waals surface area (Å²) in [6.07, 6.45) is 0.0838. The van der Waals surface area contributed by atoms with E-state index < -0.39 is 53.5 Å². The van der Waals surface area contributed by atoms with Crippen molar-refractivity contribution in [2.45, 2.75) is 18.4 Å². The molecule has 1 saturated carbocycles. The van der Waals surface area contributed by atoms with Crippen molar-refractivity contribution in [2.75, 3.05) is 19.6 Å². The summed E-state index contributed by atoms with van der Waals surface area (Å²) in [4.78, 5) is 48.1. The molecule has 0 aliphatic heterocycles. The third-order valence-electron chi connectivity index (χ3n) is 3.41. The first-order chi connectivity index (χ1) is 9.19. The van der Waals surface area contributed by atoms with Crippen LogP contribution in [0.5, 0.6) is 0 Å². The Kier molecular flexibility index (Phi) is 5.78. The average Bonchev–Trinajstić information content (AvgIpc) is 3.06. The fraction of sp³-hybridized carbons (Fsp3) is 0.600. The van der Waals surface area contributed by atoms with Gasteiger partial charge in [0, 0.05) is 12.8 Å². The quantitative estimate of drug-likeness (QED) is 0.206. The monoisotopic (exact) mass is 309 g/mol. The van der Waals surface area contributed by atoms with Crippen molar-refractivity contribution >= 4 is 23.9 Å². The largest absolute Gasteiger partial charge is 0.477 e. The van der Waals surface area contributed by atoms with Crippen molar-refractivity contribution in [1.29, 1.82) is 0 Å². The lowest BCUT2D eigenvalue weighted by Crippen LogP contribution is -2.66. The van der Waals surface area contributed by atoms with Crippen LogP contribution in [0, 0.1) is 0 Å². The molecule has 0 radical (unpaired) electrons. The van der Waals surface area contributed by atoms with E-state index in [4.69, 9.17) is 20.6 Å². The molecule has 1 fully saturated rings. The van der Waals surface area contributed by atoms with Gasteiger partial charge in [-0.25, -0.2) is 19.2 Å². The number of quaternary nitrogens is 1. The minimum atomic E-state index is -1.65. The number of carbonyl (C=O) groups excluding carboxylic acids is 1. The molecule has 1 aliphatic rings. The average molecular weight is 309 g/mol. The molecular formula is C10H17N2O9+. The van der Waals surface area contributed by atoms with Crippen molar-refractivity contribution in [2.24, 2.45) is 0 Å². The van der Waals surface area contributed by atoms with Crippen LogP contribution in [0.3, 0.4) is 0 Å². The number of hydrogen-bond donors (Lipinski definition) is 5. The van der Waals surface area contributed by atoms with Gasteiger partial charge in [0.1, 0.15) is 0 Å². The minimum Gasteiger partial charge on any atom is -0.477 e. The third kappa shape index (κ3) is 3.65. The van der Waals surface area contributed by atoms with E-state index >= 15 is 0 Å². The Morgan fingerprint density at radius 3 is 1.43 bits per heavy atom. The molecule has 0 spiro atoms. The molecule has 0 bridgehead atoms. The Labute approximate surface area is 118 Å². The second-order valence-corrected chi connectivity index (χ2v) is 4.71. The fourth-order valence-corrected chi connectivity index (χ4v) is 2.47. The molecule has 1 aliphatic carbocycles. The number of rotatable bonds is 8. The zero-order valence-corrected chi connectivity index (χ0v) is 11.0. The predicted molar refractivity (Wildman–Crippen MR) is 63.5 cm³/mol. The molecule has 0 aromatic carbocycles. The molecule has 11 heteroatoms. The van der Waals surface area contributed by atoms with Crippen LogP contribution in [0.15, 0.2) is 0 Å². The molecule has 0 atom stereocenters. The van der Waals surface area contributed by atoms with E-state index in [0.29, 0.717) is 0 Å². The Balaban J connectivity index is 0.00000400. The normalized spacial score (nSPS) is 15.5. The fourth-order valence-electron chi connectivity index (χ4n) is 2.47. The molecule has 7 N–H and O–H groups in total. The summed E-state index contributed by atoms with van der Waals surface area (Å²) < 4.78 is -1.04. The summed E-state index contributed by atoms with van der Waals surface area (Å²) in [6, 6.07) is 0. The highest BCUT2D eigenvalue weighted by Gasteiger charge is 2.69. The van der Waals surface area contributed by atoms with Gasteiger partial charge in [-0.2, -0.15) is 5.26 Å². The highest BCUT2D eigenvalue weighted by Crippen LogP contribution is 2.48. The third-order valence-corrected chi connectivity index (χ3v) is 3.41. The zero-order valence-electron chi connectivity index (χ0n) is 11.0. The summed E-state index contributed by atoms with van der Waals surface area (Å²) in [5, 5.41) is 35.2. The summed E-state index contributed by atoms with van der Waals surface area (Å²) in [5.41, 5.74) is -1.65. The van der Waals surface area contributed by atoms with E-state index in [1.54, 1.807) is 0 Å². The lowest BCUT2D eigenvalue weighted by Gasteiger charge is -2.39. The number of hydrogen-bond acceptors (Lipinski definition) is 7. The van der Waals surface area contributed by atoms with Crippen LogP contribution in [0.4, 0.5) is 0 Å². The van der Waals surface area contributed by atoms with Gasteiger partial charge in [0.2, 0.25) is 5.54 Å². The second-order valence-electron chi connectivity index (χ2n) is 4.71. The first kappa shape index (κ1) is 18.8. The van der Waals surface area contributed by atoms with Crippen molar-refractivity contribution in [3.8, 4) is 0 Å². The molecule has 0 aromatic rings. The maximum absolute atomic E-state index is 11.6. The van der Waals surface area contributed by atoms with Crippen molar-refractivity contribution in [1.82, 2.24) is 6.15 Å². The van der Waals surface area contributed by atoms with Crippen LogP contribution in [0.25, 0.3) is 0 Å². The SMILES string of the molecule is N.O=C(O)C[N+](CC(=O)O)(CC(=O)O)C1(C(=O)OO)CC1. The van der Waals surface area contributed by atoms with Gasteiger partial charge in [0.25, 0.3) is 0 Å².